The van der Waals surface area contributed by atoms with Crippen LogP contribution in [-0.4, -0.2) is 24.2 Å². The highest BCUT2D eigenvalue weighted by molar-refractivity contribution is 5.89. The van der Waals surface area contributed by atoms with Crippen LogP contribution in [-0.2, 0) is 4.74 Å². The van der Waals surface area contributed by atoms with Gasteiger partial charge < -0.3 is 10.1 Å². The van der Waals surface area contributed by atoms with Crippen molar-refractivity contribution in [3.63, 3.8) is 0 Å². The highest BCUT2D eigenvalue weighted by Crippen LogP contribution is 2.34. The van der Waals surface area contributed by atoms with E-state index in [-0.39, 0.29) is 12.1 Å². The van der Waals surface area contributed by atoms with Crippen LogP contribution in [0.15, 0.2) is 30.3 Å². The van der Waals surface area contributed by atoms with E-state index in [2.05, 4.69) is 12.2 Å². The number of esters is 1. The quantitative estimate of drug-likeness (QED) is 0.841. The first kappa shape index (κ1) is 13.6. The summed E-state index contributed by atoms with van der Waals surface area (Å²) in [5.74, 6) is 0.321. The van der Waals surface area contributed by atoms with Crippen LogP contribution in [0, 0.1) is 5.92 Å². The van der Waals surface area contributed by atoms with Gasteiger partial charge in [0.05, 0.1) is 5.56 Å². The van der Waals surface area contributed by atoms with Crippen LogP contribution in [0.25, 0.3) is 0 Å². The van der Waals surface area contributed by atoms with Crippen molar-refractivity contribution in [2.24, 2.45) is 5.92 Å². The Hall–Kier alpha value is -1.35. The molecule has 108 valence electrons. The minimum absolute atomic E-state index is 0.0734. The molecule has 0 amide bonds. The van der Waals surface area contributed by atoms with Crippen molar-refractivity contribution in [3.8, 4) is 0 Å². The molecule has 4 unspecified atom stereocenters. The zero-order chi connectivity index (χ0) is 13.9. The number of hydrogen-bond acceptors (Lipinski definition) is 3. The minimum Gasteiger partial charge on any atom is -0.458 e. The number of nitrogens with one attached hydrogen (secondary N) is 1. The van der Waals surface area contributed by atoms with Crippen molar-refractivity contribution in [2.75, 3.05) is 0 Å². The van der Waals surface area contributed by atoms with Gasteiger partial charge in [-0.2, -0.15) is 0 Å². The summed E-state index contributed by atoms with van der Waals surface area (Å²) in [6, 6.07) is 10.3. The average molecular weight is 273 g/mol. The summed E-state index contributed by atoms with van der Waals surface area (Å²) in [4.78, 5) is 12.3. The molecule has 3 rings (SSSR count). The fourth-order valence-electron chi connectivity index (χ4n) is 3.68. The Balaban J connectivity index is 1.70. The monoisotopic (exact) mass is 273 g/mol. The van der Waals surface area contributed by atoms with Crippen LogP contribution in [0.3, 0.4) is 0 Å². The highest BCUT2D eigenvalue weighted by atomic mass is 16.5. The van der Waals surface area contributed by atoms with E-state index in [9.17, 15) is 4.79 Å². The molecule has 0 radical (unpaired) electrons. The summed E-state index contributed by atoms with van der Waals surface area (Å²) in [5.41, 5.74) is 0.658. The molecule has 3 nitrogen and oxygen atoms in total. The number of carbonyl (C=O) groups excluding carboxylic acids is 1. The first-order chi connectivity index (χ1) is 9.74. The Labute approximate surface area is 120 Å². The van der Waals surface area contributed by atoms with E-state index < -0.39 is 0 Å². The van der Waals surface area contributed by atoms with Gasteiger partial charge in [-0.25, -0.2) is 4.79 Å². The molecule has 20 heavy (non-hydrogen) atoms. The van der Waals surface area contributed by atoms with Crippen molar-refractivity contribution in [3.05, 3.63) is 35.9 Å². The third kappa shape index (κ3) is 2.88. The van der Waals surface area contributed by atoms with E-state index in [4.69, 9.17) is 4.74 Å². The lowest BCUT2D eigenvalue weighted by atomic mass is 9.76. The van der Waals surface area contributed by atoms with Crippen LogP contribution in [0.1, 0.15) is 49.4 Å². The predicted octanol–water partition coefficient (Wildman–Crippen LogP) is 3.15. The Kier molecular flexibility index (Phi) is 4.06. The van der Waals surface area contributed by atoms with Gasteiger partial charge in [-0.15, -0.1) is 0 Å². The standard InChI is InChI=1S/C17H23NO2/c1-12-11-16(14-9-5-6-10-15(14)18-12)20-17(19)13-7-3-2-4-8-13/h2-4,7-8,12,14-16,18H,5-6,9-11H2,1H3. The van der Waals surface area contributed by atoms with Crippen molar-refractivity contribution >= 4 is 5.97 Å². The molecular formula is C17H23NO2. The van der Waals surface area contributed by atoms with Crippen LogP contribution >= 0.6 is 0 Å². The first-order valence-electron chi connectivity index (χ1n) is 7.76. The summed E-state index contributed by atoms with van der Waals surface area (Å²) in [7, 11) is 0. The Morgan fingerprint density at radius 1 is 1.20 bits per heavy atom. The van der Waals surface area contributed by atoms with Crippen LogP contribution in [0.4, 0.5) is 0 Å². The van der Waals surface area contributed by atoms with Gasteiger partial charge in [-0.3, -0.25) is 0 Å². The maximum Gasteiger partial charge on any atom is 0.338 e. The molecule has 1 saturated carbocycles. The number of hydrogen-bond donors (Lipinski definition) is 1. The number of piperidine rings is 1. The SMILES string of the molecule is CC1CC(OC(=O)c2ccccc2)C2CCCCC2N1. The van der Waals surface area contributed by atoms with E-state index >= 15 is 0 Å². The summed E-state index contributed by atoms with van der Waals surface area (Å²) < 4.78 is 5.84. The van der Waals surface area contributed by atoms with Gasteiger partial charge >= 0.3 is 5.97 Å². The van der Waals surface area contributed by atoms with Gasteiger partial charge in [0.2, 0.25) is 0 Å². The second-order valence-corrected chi connectivity index (χ2v) is 6.17. The third-order valence-electron chi connectivity index (χ3n) is 4.65. The molecular weight excluding hydrogens is 250 g/mol. The fraction of sp³-hybridized carbons (Fsp3) is 0.588. The van der Waals surface area contributed by atoms with Gasteiger partial charge in [-0.05, 0) is 38.3 Å². The van der Waals surface area contributed by atoms with E-state index in [1.807, 2.05) is 30.3 Å². The fourth-order valence-corrected chi connectivity index (χ4v) is 3.68. The van der Waals surface area contributed by atoms with Crippen molar-refractivity contribution < 1.29 is 9.53 Å². The molecule has 1 saturated heterocycles. The number of ether oxygens (including phenoxy) is 1. The second kappa shape index (κ2) is 5.96. The maximum absolute atomic E-state index is 12.3. The molecule has 2 fully saturated rings. The molecule has 1 aliphatic heterocycles. The topological polar surface area (TPSA) is 38.3 Å². The smallest absolute Gasteiger partial charge is 0.338 e. The minimum atomic E-state index is -0.172. The van der Waals surface area contributed by atoms with Crippen molar-refractivity contribution in [1.82, 2.24) is 5.32 Å². The summed E-state index contributed by atoms with van der Waals surface area (Å²) in [6.45, 7) is 2.19. The Morgan fingerprint density at radius 2 is 1.95 bits per heavy atom. The zero-order valence-corrected chi connectivity index (χ0v) is 12.0. The summed E-state index contributed by atoms with van der Waals surface area (Å²) >= 11 is 0. The lowest BCUT2D eigenvalue weighted by Gasteiger charge is -2.44. The van der Waals surface area contributed by atoms with Gasteiger partial charge in [-0.1, -0.05) is 31.0 Å². The molecule has 0 aromatic heterocycles. The molecule has 2 aliphatic rings. The molecule has 3 heteroatoms. The van der Waals surface area contributed by atoms with Crippen LogP contribution in [0.2, 0.25) is 0 Å². The lowest BCUT2D eigenvalue weighted by molar-refractivity contribution is -0.0215. The van der Waals surface area contributed by atoms with E-state index in [1.165, 1.54) is 25.7 Å². The van der Waals surface area contributed by atoms with E-state index in [0.717, 1.165) is 6.42 Å². The van der Waals surface area contributed by atoms with Gasteiger partial charge in [0.25, 0.3) is 0 Å². The molecule has 1 heterocycles. The third-order valence-corrected chi connectivity index (χ3v) is 4.65. The molecule has 1 aliphatic carbocycles. The highest BCUT2D eigenvalue weighted by Gasteiger charge is 2.39. The summed E-state index contributed by atoms with van der Waals surface area (Å²) in [6.07, 6.45) is 5.95. The Bertz CT molecular complexity index is 459. The second-order valence-electron chi connectivity index (χ2n) is 6.17. The lowest BCUT2D eigenvalue weighted by Crippen LogP contribution is -2.55. The average Bonchev–Trinajstić information content (AvgIpc) is 2.48. The van der Waals surface area contributed by atoms with Crippen molar-refractivity contribution in [1.29, 1.82) is 0 Å². The largest absolute Gasteiger partial charge is 0.458 e. The number of carbonyl (C=O) groups is 1. The van der Waals surface area contributed by atoms with Crippen LogP contribution in [0.5, 0.6) is 0 Å². The predicted molar refractivity (Wildman–Crippen MR) is 78.6 cm³/mol. The van der Waals surface area contributed by atoms with Crippen molar-refractivity contribution in [2.45, 2.75) is 57.2 Å². The number of benzene rings is 1. The molecule has 1 aromatic rings. The zero-order valence-electron chi connectivity index (χ0n) is 12.0. The van der Waals surface area contributed by atoms with Crippen LogP contribution < -0.4 is 5.32 Å². The normalized spacial score (nSPS) is 33.2. The number of fused-ring (bicyclic) bond motifs is 1. The number of rotatable bonds is 2. The molecule has 0 spiro atoms. The van der Waals surface area contributed by atoms with Gasteiger partial charge in [0.1, 0.15) is 6.10 Å². The molecule has 1 aromatic carbocycles. The van der Waals surface area contributed by atoms with E-state index in [1.54, 1.807) is 0 Å². The van der Waals surface area contributed by atoms with Gasteiger partial charge in [0.15, 0.2) is 0 Å². The molecule has 0 bridgehead atoms. The molecule has 1 N–H and O–H groups in total. The maximum atomic E-state index is 12.3. The first-order valence-corrected chi connectivity index (χ1v) is 7.76. The summed E-state index contributed by atoms with van der Waals surface area (Å²) in [5, 5.41) is 3.67. The Morgan fingerprint density at radius 3 is 2.75 bits per heavy atom. The molecule has 4 atom stereocenters. The van der Waals surface area contributed by atoms with E-state index in [0.29, 0.717) is 23.6 Å². The van der Waals surface area contributed by atoms with Gasteiger partial charge in [0, 0.05) is 18.0 Å².